The van der Waals surface area contributed by atoms with Crippen LogP contribution in [-0.2, 0) is 6.54 Å². The summed E-state index contributed by atoms with van der Waals surface area (Å²) >= 11 is 3.38. The first kappa shape index (κ1) is 14.5. The molecule has 0 unspecified atom stereocenters. The normalized spacial score (nSPS) is 10.6. The Kier molecular flexibility index (Phi) is 4.05. The minimum absolute atomic E-state index is 0.0792. The molecular formula is C12H13BrN4O3. The van der Waals surface area contributed by atoms with Crippen LogP contribution in [0.2, 0.25) is 0 Å². The minimum atomic E-state index is -0.546. The first-order chi connectivity index (χ1) is 9.45. The summed E-state index contributed by atoms with van der Waals surface area (Å²) < 4.78 is 7.29. The van der Waals surface area contributed by atoms with Crippen LogP contribution in [0.1, 0.15) is 27.5 Å². The van der Waals surface area contributed by atoms with Crippen LogP contribution in [0.5, 0.6) is 0 Å². The van der Waals surface area contributed by atoms with E-state index < -0.39 is 5.91 Å². The maximum atomic E-state index is 12.0. The van der Waals surface area contributed by atoms with Crippen molar-refractivity contribution in [2.75, 3.05) is 0 Å². The molecule has 2 aromatic heterocycles. The fraction of sp³-hybridized carbons (Fsp3) is 0.250. The molecule has 0 spiro atoms. The lowest BCUT2D eigenvalue weighted by atomic mass is 10.2. The molecular weight excluding hydrogens is 328 g/mol. The predicted molar refractivity (Wildman–Crippen MR) is 75.1 cm³/mol. The van der Waals surface area contributed by atoms with Crippen molar-refractivity contribution < 1.29 is 9.21 Å². The van der Waals surface area contributed by atoms with Gasteiger partial charge in [0, 0.05) is 11.3 Å². The number of furan rings is 1. The molecule has 8 heteroatoms. The van der Waals surface area contributed by atoms with Crippen LogP contribution < -0.4 is 17.0 Å². The van der Waals surface area contributed by atoms with Crippen molar-refractivity contribution in [2.24, 2.45) is 5.84 Å². The maximum absolute atomic E-state index is 12.0. The number of carbonyl (C=O) groups is 1. The molecule has 106 valence electrons. The van der Waals surface area contributed by atoms with Gasteiger partial charge in [-0.2, -0.15) is 4.98 Å². The van der Waals surface area contributed by atoms with Crippen LogP contribution in [-0.4, -0.2) is 15.5 Å². The first-order valence-corrected chi connectivity index (χ1v) is 6.55. The molecule has 0 fully saturated rings. The molecule has 0 aromatic carbocycles. The van der Waals surface area contributed by atoms with Gasteiger partial charge >= 0.3 is 11.6 Å². The number of hydrogen-bond acceptors (Lipinski definition) is 5. The number of rotatable bonds is 3. The van der Waals surface area contributed by atoms with Crippen molar-refractivity contribution >= 4 is 21.8 Å². The molecule has 2 heterocycles. The summed E-state index contributed by atoms with van der Waals surface area (Å²) in [5, 5.41) is 0. The van der Waals surface area contributed by atoms with E-state index in [4.69, 9.17) is 10.3 Å². The molecule has 0 aliphatic rings. The number of nitrogens with one attached hydrogen (secondary N) is 1. The highest BCUT2D eigenvalue weighted by molar-refractivity contribution is 9.10. The molecule has 1 amide bonds. The van der Waals surface area contributed by atoms with Crippen molar-refractivity contribution in [3.8, 4) is 0 Å². The lowest BCUT2D eigenvalue weighted by Crippen LogP contribution is -2.31. The van der Waals surface area contributed by atoms with E-state index >= 15 is 0 Å². The van der Waals surface area contributed by atoms with Crippen molar-refractivity contribution in [1.82, 2.24) is 15.0 Å². The molecule has 2 aromatic rings. The average molecular weight is 341 g/mol. The predicted octanol–water partition coefficient (Wildman–Crippen LogP) is 0.867. The molecule has 0 atom stereocenters. The average Bonchev–Trinajstić information content (AvgIpc) is 2.88. The van der Waals surface area contributed by atoms with Gasteiger partial charge in [-0.15, -0.1) is 0 Å². The number of carbonyl (C=O) groups excluding carboxylic acids is 1. The van der Waals surface area contributed by atoms with Gasteiger partial charge < -0.3 is 4.42 Å². The van der Waals surface area contributed by atoms with E-state index in [2.05, 4.69) is 20.9 Å². The van der Waals surface area contributed by atoms with Crippen LogP contribution in [0.3, 0.4) is 0 Å². The topological polar surface area (TPSA) is 103 Å². The highest BCUT2D eigenvalue weighted by Crippen LogP contribution is 2.19. The zero-order valence-electron chi connectivity index (χ0n) is 10.9. The Balaban J connectivity index is 2.47. The number of aromatic nitrogens is 2. The third-order valence-corrected chi connectivity index (χ3v) is 4.09. The Labute approximate surface area is 122 Å². The Morgan fingerprint density at radius 2 is 2.25 bits per heavy atom. The van der Waals surface area contributed by atoms with Gasteiger partial charge in [0.05, 0.1) is 23.0 Å². The standard InChI is InChI=1S/C12H13BrN4O3/c1-6-9(13)7(2)17(12(19)15-6)5-8-3-4-20-10(8)11(18)16-14/h3-4H,5,14H2,1-2H3,(H,16,18). The maximum Gasteiger partial charge on any atom is 0.348 e. The van der Waals surface area contributed by atoms with Crippen molar-refractivity contribution in [2.45, 2.75) is 20.4 Å². The number of nitrogen functional groups attached to an aromatic ring is 1. The van der Waals surface area contributed by atoms with Crippen molar-refractivity contribution in [3.05, 3.63) is 50.0 Å². The van der Waals surface area contributed by atoms with E-state index in [1.54, 1.807) is 19.9 Å². The van der Waals surface area contributed by atoms with Gasteiger partial charge in [0.1, 0.15) is 0 Å². The number of amides is 1. The lowest BCUT2D eigenvalue weighted by molar-refractivity contribution is 0.0924. The highest BCUT2D eigenvalue weighted by atomic mass is 79.9. The smallest absolute Gasteiger partial charge is 0.348 e. The zero-order chi connectivity index (χ0) is 14.9. The summed E-state index contributed by atoms with van der Waals surface area (Å²) in [5.41, 5.74) is 3.51. The fourth-order valence-corrected chi connectivity index (χ4v) is 2.16. The van der Waals surface area contributed by atoms with Crippen LogP contribution in [0, 0.1) is 13.8 Å². The third-order valence-electron chi connectivity index (χ3n) is 2.95. The summed E-state index contributed by atoms with van der Waals surface area (Å²) in [6, 6.07) is 1.62. The summed E-state index contributed by atoms with van der Waals surface area (Å²) in [7, 11) is 0. The molecule has 0 radical (unpaired) electrons. The lowest BCUT2D eigenvalue weighted by Gasteiger charge is -2.11. The van der Waals surface area contributed by atoms with Crippen LogP contribution >= 0.6 is 15.9 Å². The second kappa shape index (κ2) is 5.59. The van der Waals surface area contributed by atoms with Gasteiger partial charge in [-0.1, -0.05) is 0 Å². The Bertz CT molecular complexity index is 720. The molecule has 3 N–H and O–H groups in total. The Morgan fingerprint density at radius 3 is 2.90 bits per heavy atom. The highest BCUT2D eigenvalue weighted by Gasteiger charge is 2.17. The SMILES string of the molecule is Cc1nc(=O)n(Cc2ccoc2C(=O)NN)c(C)c1Br. The van der Waals surface area contributed by atoms with Gasteiger partial charge in [-0.05, 0) is 35.8 Å². The van der Waals surface area contributed by atoms with E-state index in [1.807, 2.05) is 5.43 Å². The largest absolute Gasteiger partial charge is 0.459 e. The van der Waals surface area contributed by atoms with E-state index in [9.17, 15) is 9.59 Å². The molecule has 0 aliphatic carbocycles. The van der Waals surface area contributed by atoms with Gasteiger partial charge in [-0.25, -0.2) is 10.6 Å². The molecule has 0 bridgehead atoms. The molecule has 7 nitrogen and oxygen atoms in total. The monoisotopic (exact) mass is 340 g/mol. The molecule has 0 saturated carbocycles. The second-order valence-corrected chi connectivity index (χ2v) is 5.01. The van der Waals surface area contributed by atoms with Crippen molar-refractivity contribution in [1.29, 1.82) is 0 Å². The number of halogens is 1. The second-order valence-electron chi connectivity index (χ2n) is 4.21. The summed E-state index contributed by atoms with van der Waals surface area (Å²) in [6.45, 7) is 3.71. The van der Waals surface area contributed by atoms with Crippen LogP contribution in [0.15, 0.2) is 26.0 Å². The summed E-state index contributed by atoms with van der Waals surface area (Å²) in [4.78, 5) is 27.4. The zero-order valence-corrected chi connectivity index (χ0v) is 12.5. The Hall–Kier alpha value is -1.93. The van der Waals surface area contributed by atoms with E-state index in [0.717, 1.165) is 10.2 Å². The number of nitrogens with zero attached hydrogens (tertiary/aromatic N) is 2. The van der Waals surface area contributed by atoms with Gasteiger partial charge in [0.15, 0.2) is 5.76 Å². The van der Waals surface area contributed by atoms with E-state index in [-0.39, 0.29) is 18.0 Å². The van der Waals surface area contributed by atoms with Crippen molar-refractivity contribution in [3.63, 3.8) is 0 Å². The number of hydrazine groups is 1. The minimum Gasteiger partial charge on any atom is -0.459 e. The quantitative estimate of drug-likeness (QED) is 0.490. The van der Waals surface area contributed by atoms with Gasteiger partial charge in [0.25, 0.3) is 0 Å². The molecule has 20 heavy (non-hydrogen) atoms. The van der Waals surface area contributed by atoms with Crippen LogP contribution in [0.25, 0.3) is 0 Å². The van der Waals surface area contributed by atoms with Gasteiger partial charge in [0.2, 0.25) is 0 Å². The van der Waals surface area contributed by atoms with Gasteiger partial charge in [-0.3, -0.25) is 14.8 Å². The summed E-state index contributed by atoms with van der Waals surface area (Å²) in [5.74, 6) is 4.61. The third kappa shape index (κ3) is 2.52. The Morgan fingerprint density at radius 1 is 1.55 bits per heavy atom. The number of hydrogen-bond donors (Lipinski definition) is 2. The molecule has 0 aliphatic heterocycles. The van der Waals surface area contributed by atoms with E-state index in [1.165, 1.54) is 10.8 Å². The van der Waals surface area contributed by atoms with E-state index in [0.29, 0.717) is 11.3 Å². The van der Waals surface area contributed by atoms with Crippen LogP contribution in [0.4, 0.5) is 0 Å². The molecule has 2 rings (SSSR count). The molecule has 0 saturated heterocycles. The summed E-state index contributed by atoms with van der Waals surface area (Å²) in [6.07, 6.45) is 1.37. The number of nitrogens with two attached hydrogens (primary N) is 1. The number of aryl methyl sites for hydroxylation is 1. The fourth-order valence-electron chi connectivity index (χ4n) is 1.86. The first-order valence-electron chi connectivity index (χ1n) is 5.76.